The summed E-state index contributed by atoms with van der Waals surface area (Å²) < 4.78 is 1.22. The fourth-order valence-electron chi connectivity index (χ4n) is 3.58. The zero-order valence-corrected chi connectivity index (χ0v) is 22.2. The summed E-state index contributed by atoms with van der Waals surface area (Å²) in [6, 6.07) is 44.0. The third-order valence-corrected chi connectivity index (χ3v) is 14.2. The smallest absolute Gasteiger partial charge is 0.136 e. The van der Waals surface area contributed by atoms with Crippen molar-refractivity contribution in [2.24, 2.45) is 0 Å². The Morgan fingerprint density at radius 3 is 1.09 bits per heavy atom. The summed E-state index contributed by atoms with van der Waals surface area (Å²) in [6.07, 6.45) is 0. The minimum absolute atomic E-state index is 0.291. The molecule has 33 heavy (non-hydrogen) atoms. The molecule has 4 aromatic carbocycles. The largest absolute Gasteiger partial charge is 0.364 e. The molecule has 0 saturated carbocycles. The van der Waals surface area contributed by atoms with E-state index in [1.54, 1.807) is 0 Å². The van der Waals surface area contributed by atoms with Crippen LogP contribution in [0.4, 0.5) is 0 Å². The van der Waals surface area contributed by atoms with E-state index in [0.29, 0.717) is 4.73 Å². The Bertz CT molecular complexity index is 978. The van der Waals surface area contributed by atoms with E-state index in [4.69, 9.17) is 12.2 Å². The average molecular weight is 504 g/mol. The second-order valence-electron chi connectivity index (χ2n) is 7.69. The quantitative estimate of drug-likeness (QED) is 0.221. The Balaban J connectivity index is 1.94. The highest BCUT2D eigenvalue weighted by Gasteiger charge is 2.35. The number of thioether (sulfide) groups is 1. The van der Waals surface area contributed by atoms with Crippen molar-refractivity contribution in [2.45, 2.75) is 4.73 Å². The van der Waals surface area contributed by atoms with Gasteiger partial charge in [-0.3, -0.25) is 0 Å². The molecule has 0 amide bonds. The number of hydrogen-bond acceptors (Lipinski definition) is 2. The van der Waals surface area contributed by atoms with Crippen LogP contribution in [0, 0.1) is 0 Å². The maximum atomic E-state index is 5.90. The molecule has 0 unspecified atom stereocenters. The van der Waals surface area contributed by atoms with E-state index in [1.165, 1.54) is 21.2 Å². The first kappa shape index (κ1) is 24.1. The van der Waals surface area contributed by atoms with Crippen LogP contribution < -0.4 is 21.2 Å². The second-order valence-corrected chi connectivity index (χ2v) is 15.1. The van der Waals surface area contributed by atoms with E-state index in [2.05, 4.69) is 126 Å². The highest BCUT2D eigenvalue weighted by Crippen LogP contribution is 2.61. The molecule has 0 saturated heterocycles. The van der Waals surface area contributed by atoms with Gasteiger partial charge in [0.1, 0.15) is 4.32 Å². The van der Waals surface area contributed by atoms with Crippen LogP contribution in [0.2, 0.25) is 0 Å². The number of thiocarbonyl (C=S) groups is 1. The summed E-state index contributed by atoms with van der Waals surface area (Å²) in [7, 11) is 2.74. The van der Waals surface area contributed by atoms with Crippen LogP contribution in [0.5, 0.6) is 0 Å². The summed E-state index contributed by atoms with van der Waals surface area (Å²) in [6.45, 7) is 0. The van der Waals surface area contributed by atoms with Crippen LogP contribution in [0.1, 0.15) is 0 Å². The Morgan fingerprint density at radius 2 is 0.848 bits per heavy atom. The van der Waals surface area contributed by atoms with Gasteiger partial charge in [-0.25, -0.2) is 0 Å². The van der Waals surface area contributed by atoms with E-state index in [1.807, 2.05) is 25.9 Å². The topological polar surface area (TPSA) is 3.24 Å². The first-order valence-corrected chi connectivity index (χ1v) is 14.9. The number of benzene rings is 4. The third kappa shape index (κ3) is 6.11. The monoisotopic (exact) mass is 503 g/mol. The maximum Gasteiger partial charge on any atom is 0.136 e. The lowest BCUT2D eigenvalue weighted by molar-refractivity contribution is 0.648. The molecule has 0 aromatic heterocycles. The Hall–Kier alpha value is -2.02. The first-order valence-electron chi connectivity index (χ1n) is 10.8. The molecule has 5 heteroatoms. The number of nitrogens with zero attached hydrogens (tertiary/aromatic N) is 1. The predicted molar refractivity (Wildman–Crippen MR) is 156 cm³/mol. The molecular formula is C28H27NP2S2. The Morgan fingerprint density at radius 1 is 0.576 bits per heavy atom. The molecular weight excluding hydrogens is 476 g/mol. The van der Waals surface area contributed by atoms with Gasteiger partial charge in [0.05, 0.1) is 4.73 Å². The van der Waals surface area contributed by atoms with Gasteiger partial charge in [-0.05, 0) is 37.1 Å². The molecule has 4 aromatic rings. The van der Waals surface area contributed by atoms with E-state index in [-0.39, 0.29) is 0 Å². The number of hydrogen-bond donors (Lipinski definition) is 0. The van der Waals surface area contributed by atoms with Crippen molar-refractivity contribution in [3.05, 3.63) is 121 Å². The normalized spacial score (nSPS) is 11.2. The Labute approximate surface area is 209 Å². The van der Waals surface area contributed by atoms with Crippen molar-refractivity contribution in [1.82, 2.24) is 4.90 Å². The lowest BCUT2D eigenvalue weighted by Crippen LogP contribution is -2.28. The SMILES string of the molecule is CN(C)C(=S)SC(P(c1ccccc1)c1ccccc1)P(c1ccccc1)c1ccccc1. The highest BCUT2D eigenvalue weighted by atomic mass is 32.2. The molecule has 0 spiro atoms. The van der Waals surface area contributed by atoms with Gasteiger partial charge in [-0.1, -0.05) is 145 Å². The number of rotatable bonds is 7. The summed E-state index contributed by atoms with van der Waals surface area (Å²) in [5, 5.41) is 5.54. The minimum atomic E-state index is -0.681. The van der Waals surface area contributed by atoms with Gasteiger partial charge < -0.3 is 4.90 Å². The van der Waals surface area contributed by atoms with E-state index >= 15 is 0 Å². The molecule has 1 nitrogen and oxygen atoms in total. The first-order chi connectivity index (χ1) is 16.1. The predicted octanol–water partition coefficient (Wildman–Crippen LogP) is 6.12. The van der Waals surface area contributed by atoms with Gasteiger partial charge in [0, 0.05) is 14.1 Å². The van der Waals surface area contributed by atoms with E-state index in [0.717, 1.165) is 4.32 Å². The Kier molecular flexibility index (Phi) is 8.70. The third-order valence-electron chi connectivity index (χ3n) is 5.15. The van der Waals surface area contributed by atoms with Crippen molar-refractivity contribution in [3.8, 4) is 0 Å². The lowest BCUT2D eigenvalue weighted by Gasteiger charge is -2.36. The molecule has 0 aliphatic carbocycles. The van der Waals surface area contributed by atoms with Crippen LogP contribution in [0.25, 0.3) is 0 Å². The molecule has 0 N–H and O–H groups in total. The highest BCUT2D eigenvalue weighted by molar-refractivity contribution is 8.31. The van der Waals surface area contributed by atoms with Gasteiger partial charge in [0.15, 0.2) is 0 Å². The van der Waals surface area contributed by atoms with E-state index < -0.39 is 15.8 Å². The van der Waals surface area contributed by atoms with Gasteiger partial charge in [0.2, 0.25) is 0 Å². The van der Waals surface area contributed by atoms with Crippen LogP contribution in [-0.2, 0) is 0 Å². The summed E-state index contributed by atoms with van der Waals surface area (Å²) >= 11 is 7.77. The van der Waals surface area contributed by atoms with Crippen LogP contribution in [0.3, 0.4) is 0 Å². The van der Waals surface area contributed by atoms with Crippen molar-refractivity contribution < 1.29 is 0 Å². The molecule has 0 heterocycles. The van der Waals surface area contributed by atoms with Gasteiger partial charge in [0.25, 0.3) is 0 Å². The molecule has 0 atom stereocenters. The second kappa shape index (κ2) is 11.9. The fourth-order valence-corrected chi connectivity index (χ4v) is 13.7. The molecule has 0 fully saturated rings. The molecule has 0 aliphatic rings. The van der Waals surface area contributed by atoms with E-state index in [9.17, 15) is 0 Å². The summed E-state index contributed by atoms with van der Waals surface area (Å²) in [5.74, 6) is 0. The van der Waals surface area contributed by atoms with Crippen LogP contribution in [-0.4, -0.2) is 28.0 Å². The lowest BCUT2D eigenvalue weighted by atomic mass is 10.4. The van der Waals surface area contributed by atoms with Gasteiger partial charge >= 0.3 is 0 Å². The van der Waals surface area contributed by atoms with Crippen LogP contribution in [0.15, 0.2) is 121 Å². The molecule has 0 radical (unpaired) electrons. The summed E-state index contributed by atoms with van der Waals surface area (Å²) in [4.78, 5) is 2.07. The molecule has 0 bridgehead atoms. The van der Waals surface area contributed by atoms with Crippen molar-refractivity contribution in [1.29, 1.82) is 0 Å². The average Bonchev–Trinajstić information content (AvgIpc) is 2.87. The molecule has 0 aliphatic heterocycles. The molecule has 4 rings (SSSR count). The molecule has 166 valence electrons. The van der Waals surface area contributed by atoms with Crippen molar-refractivity contribution >= 4 is 65.4 Å². The summed E-state index contributed by atoms with van der Waals surface area (Å²) in [5.41, 5.74) is 0. The van der Waals surface area contributed by atoms with Crippen molar-refractivity contribution in [3.63, 3.8) is 0 Å². The fraction of sp³-hybridized carbons (Fsp3) is 0.107. The standard InChI is InChI=1S/C28H27NP2S2/c1-29(2)27(32)33-28(30(23-15-7-3-8-16-23)24-17-9-4-10-18-24)31(25-19-11-5-12-20-25)26-21-13-6-14-22-26/h3-22,28H,1-2H3. The zero-order valence-electron chi connectivity index (χ0n) is 18.8. The van der Waals surface area contributed by atoms with Crippen LogP contribution >= 0.6 is 39.8 Å². The van der Waals surface area contributed by atoms with Gasteiger partial charge in [-0.2, -0.15) is 0 Å². The van der Waals surface area contributed by atoms with Crippen molar-refractivity contribution in [2.75, 3.05) is 14.1 Å². The van der Waals surface area contributed by atoms with Gasteiger partial charge in [-0.15, -0.1) is 0 Å². The zero-order chi connectivity index (χ0) is 23.0. The minimum Gasteiger partial charge on any atom is -0.364 e. The maximum absolute atomic E-state index is 5.90.